The Morgan fingerprint density at radius 2 is 1.69 bits per heavy atom. The summed E-state index contributed by atoms with van der Waals surface area (Å²) in [6.45, 7) is 14.3. The van der Waals surface area contributed by atoms with E-state index in [1.54, 1.807) is 0 Å². The van der Waals surface area contributed by atoms with E-state index >= 15 is 0 Å². The predicted octanol–water partition coefficient (Wildman–Crippen LogP) is 8.05. The monoisotopic (exact) mass is 447 g/mol. The smallest absolute Gasteiger partial charge is 0.164 e. The first-order valence-corrected chi connectivity index (χ1v) is 12.1. The quantitative estimate of drug-likeness (QED) is 0.128. The summed E-state index contributed by atoms with van der Waals surface area (Å²) >= 11 is 4.78. The minimum Gasteiger partial charge on any atom is -0.312 e. The van der Waals surface area contributed by atoms with E-state index in [4.69, 9.17) is 12.6 Å². The second kappa shape index (κ2) is 13.1. The maximum atomic E-state index is 4.78. The van der Waals surface area contributed by atoms with Crippen LogP contribution >= 0.6 is 12.6 Å². The Morgan fingerprint density at radius 1 is 1.00 bits per heavy atom. The number of nitrogens with zero attached hydrogens (tertiary/aromatic N) is 3. The van der Waals surface area contributed by atoms with Gasteiger partial charge in [0.25, 0.3) is 0 Å². The van der Waals surface area contributed by atoms with Crippen molar-refractivity contribution in [2.45, 2.75) is 65.7 Å². The maximum Gasteiger partial charge on any atom is 0.164 e. The summed E-state index contributed by atoms with van der Waals surface area (Å²) in [5.41, 5.74) is 4.51. The van der Waals surface area contributed by atoms with Crippen molar-refractivity contribution in [3.63, 3.8) is 0 Å². The molecule has 0 fully saturated rings. The van der Waals surface area contributed by atoms with Gasteiger partial charge >= 0.3 is 0 Å². The van der Waals surface area contributed by atoms with Crippen LogP contribution in [0, 0.1) is 6.92 Å². The van der Waals surface area contributed by atoms with Crippen LogP contribution in [0.25, 0.3) is 10.8 Å². The summed E-state index contributed by atoms with van der Waals surface area (Å²) in [7, 11) is 0. The number of rotatable bonds is 7. The van der Waals surface area contributed by atoms with Crippen LogP contribution in [-0.2, 0) is 6.42 Å². The molecule has 170 valence electrons. The Bertz CT molecular complexity index is 1030. The predicted molar refractivity (Wildman–Crippen MR) is 147 cm³/mol. The van der Waals surface area contributed by atoms with Gasteiger partial charge in [-0.25, -0.2) is 0 Å². The van der Waals surface area contributed by atoms with E-state index in [1.165, 1.54) is 30.2 Å². The van der Waals surface area contributed by atoms with Gasteiger partial charge in [-0.3, -0.25) is 0 Å². The molecule has 3 aromatic carbocycles. The molecule has 0 aliphatic rings. The minimum absolute atomic E-state index is 0.0963. The molecule has 0 spiro atoms. The van der Waals surface area contributed by atoms with Crippen molar-refractivity contribution in [3.8, 4) is 0 Å². The molecular weight excluding hydrogens is 410 g/mol. The molecule has 0 aliphatic carbocycles. The average Bonchev–Trinajstić information content (AvgIpc) is 2.80. The molecule has 32 heavy (non-hydrogen) atoms. The van der Waals surface area contributed by atoms with Crippen LogP contribution in [0.15, 0.2) is 70.9 Å². The first-order chi connectivity index (χ1) is 15.5. The first kappa shape index (κ1) is 25.7. The lowest BCUT2D eigenvalue weighted by atomic mass is 10.0. The van der Waals surface area contributed by atoms with Gasteiger partial charge in [-0.2, -0.15) is 17.7 Å². The van der Waals surface area contributed by atoms with Crippen LogP contribution < -0.4 is 4.90 Å². The second-order valence-electron chi connectivity index (χ2n) is 7.92. The summed E-state index contributed by atoms with van der Waals surface area (Å²) in [5, 5.41) is 10.6. The molecule has 0 saturated carbocycles. The fourth-order valence-electron chi connectivity index (χ4n) is 3.69. The molecule has 0 heterocycles. The Balaban J connectivity index is 0.000000654. The molecule has 3 rings (SSSR count). The summed E-state index contributed by atoms with van der Waals surface area (Å²) in [4.78, 5) is 2.13. The number of fused-ring (bicyclic) bond motifs is 1. The molecule has 0 aliphatic heterocycles. The molecule has 0 aromatic heterocycles. The molecule has 4 heteroatoms. The van der Waals surface area contributed by atoms with Gasteiger partial charge in [-0.1, -0.05) is 88.6 Å². The Morgan fingerprint density at radius 3 is 2.28 bits per heavy atom. The summed E-state index contributed by atoms with van der Waals surface area (Å²) < 4.78 is 0. The van der Waals surface area contributed by atoms with Gasteiger partial charge in [-0.15, -0.1) is 5.10 Å². The van der Waals surface area contributed by atoms with Crippen LogP contribution in [-0.4, -0.2) is 17.9 Å². The fraction of sp³-hybridized carbons (Fsp3) is 0.357. The molecule has 0 N–H and O–H groups in total. The molecule has 1 unspecified atom stereocenters. The van der Waals surface area contributed by atoms with Gasteiger partial charge < -0.3 is 4.90 Å². The zero-order valence-electron chi connectivity index (χ0n) is 20.2. The SMILES string of the molecule is C=N/N=C(/c1cc(CC)ccc1C)N(c1cccc2ccccc12)C(C)S.CCCCC. The molecule has 0 amide bonds. The van der Waals surface area contributed by atoms with Crippen molar-refractivity contribution >= 4 is 41.6 Å². The van der Waals surface area contributed by atoms with Crippen molar-refractivity contribution in [1.82, 2.24) is 0 Å². The van der Waals surface area contributed by atoms with E-state index in [2.05, 4.69) is 110 Å². The molecule has 0 bridgehead atoms. The standard InChI is InChI=1S/C23H25N3S.C5H12/c1-5-18-14-13-16(2)21(15-18)23(25-24-4)26(17(3)27)22-12-8-10-19-9-6-7-11-20(19)22;1-3-5-4-2/h6-15,17,27H,4-5H2,1-3H3;3-5H2,1-2H3/b25-23-;. The van der Waals surface area contributed by atoms with Gasteiger partial charge in [0.2, 0.25) is 0 Å². The molecule has 0 radical (unpaired) electrons. The zero-order chi connectivity index (χ0) is 23.5. The van der Waals surface area contributed by atoms with Gasteiger partial charge in [0.15, 0.2) is 5.84 Å². The molecule has 3 aromatic rings. The highest BCUT2D eigenvalue weighted by Crippen LogP contribution is 2.31. The largest absolute Gasteiger partial charge is 0.312 e. The Kier molecular flexibility index (Phi) is 10.5. The van der Waals surface area contributed by atoms with Crippen molar-refractivity contribution in [1.29, 1.82) is 0 Å². The fourth-order valence-corrected chi connectivity index (χ4v) is 3.93. The van der Waals surface area contributed by atoms with Crippen LogP contribution in [0.2, 0.25) is 0 Å². The summed E-state index contributed by atoms with van der Waals surface area (Å²) in [6, 6.07) is 21.1. The third-order valence-corrected chi connectivity index (χ3v) is 5.68. The average molecular weight is 448 g/mol. The molecule has 3 nitrogen and oxygen atoms in total. The van der Waals surface area contributed by atoms with Crippen LogP contribution in [0.1, 0.15) is 63.6 Å². The van der Waals surface area contributed by atoms with Gasteiger partial charge in [0, 0.05) is 17.7 Å². The topological polar surface area (TPSA) is 28.0 Å². The Labute approximate surface area is 199 Å². The summed E-state index contributed by atoms with van der Waals surface area (Å²) in [5.74, 6) is 0.761. The van der Waals surface area contributed by atoms with Crippen LogP contribution in [0.4, 0.5) is 5.69 Å². The number of aryl methyl sites for hydroxylation is 2. The van der Waals surface area contributed by atoms with Crippen molar-refractivity contribution in [2.24, 2.45) is 10.2 Å². The Hall–Kier alpha value is -2.59. The van der Waals surface area contributed by atoms with Crippen LogP contribution in [0.5, 0.6) is 0 Å². The summed E-state index contributed by atoms with van der Waals surface area (Å²) in [6.07, 6.45) is 5.04. The van der Waals surface area contributed by atoms with Gasteiger partial charge in [0.05, 0.1) is 11.1 Å². The van der Waals surface area contributed by atoms with E-state index < -0.39 is 0 Å². The van der Waals surface area contributed by atoms with E-state index in [0.717, 1.165) is 34.5 Å². The van der Waals surface area contributed by atoms with Gasteiger partial charge in [-0.05, 0) is 48.9 Å². The number of benzene rings is 3. The lowest BCUT2D eigenvalue weighted by Gasteiger charge is -2.31. The van der Waals surface area contributed by atoms with E-state index in [0.29, 0.717) is 0 Å². The number of amidine groups is 1. The lowest BCUT2D eigenvalue weighted by Crippen LogP contribution is -2.37. The lowest BCUT2D eigenvalue weighted by molar-refractivity contribution is 0.772. The number of hydrogen-bond acceptors (Lipinski definition) is 3. The van der Waals surface area contributed by atoms with E-state index in [9.17, 15) is 0 Å². The maximum absolute atomic E-state index is 4.78. The highest BCUT2D eigenvalue weighted by molar-refractivity contribution is 7.81. The van der Waals surface area contributed by atoms with Gasteiger partial charge in [0.1, 0.15) is 0 Å². The highest BCUT2D eigenvalue weighted by Gasteiger charge is 2.23. The third-order valence-electron chi connectivity index (χ3n) is 5.45. The van der Waals surface area contributed by atoms with Crippen LogP contribution in [0.3, 0.4) is 0 Å². The normalized spacial score (nSPS) is 12.1. The number of thiol groups is 1. The molecule has 1 atom stereocenters. The van der Waals surface area contributed by atoms with Crippen molar-refractivity contribution < 1.29 is 0 Å². The number of hydrogen-bond donors (Lipinski definition) is 1. The van der Waals surface area contributed by atoms with E-state index in [-0.39, 0.29) is 5.37 Å². The van der Waals surface area contributed by atoms with Crippen molar-refractivity contribution in [2.75, 3.05) is 4.90 Å². The number of anilines is 1. The van der Waals surface area contributed by atoms with Crippen molar-refractivity contribution in [3.05, 3.63) is 77.4 Å². The third kappa shape index (κ3) is 6.46. The number of unbranched alkanes of at least 4 members (excludes halogenated alkanes) is 2. The zero-order valence-corrected chi connectivity index (χ0v) is 21.1. The van der Waals surface area contributed by atoms with E-state index in [1.807, 2.05) is 6.92 Å². The first-order valence-electron chi connectivity index (χ1n) is 11.6. The molecular formula is C28H37N3S. The second-order valence-corrected chi connectivity index (χ2v) is 8.67. The minimum atomic E-state index is -0.0963. The molecule has 0 saturated heterocycles. The highest BCUT2D eigenvalue weighted by atomic mass is 32.1.